The van der Waals surface area contributed by atoms with Gasteiger partial charge in [-0.3, -0.25) is 4.79 Å². The van der Waals surface area contributed by atoms with Gasteiger partial charge in [0.05, 0.1) is 19.2 Å². The van der Waals surface area contributed by atoms with Gasteiger partial charge in [0.2, 0.25) is 0 Å². The number of Topliss-reactive ketones (excluding diaryl/α,β-unsaturated/α-hetero) is 1. The molecule has 20 heavy (non-hydrogen) atoms. The second-order valence-electron chi connectivity index (χ2n) is 4.83. The molecule has 0 radical (unpaired) electrons. The standard InChI is InChI=1S/C16H23ClO3/c1-5-7-11(8-6-2)16(18)12-9-14(19-3)15(20-4)10-13(12)17/h9-11H,5-8H2,1-4H3. The molecule has 1 rings (SSSR count). The highest BCUT2D eigenvalue weighted by molar-refractivity contribution is 6.34. The normalized spacial score (nSPS) is 10.7. The number of benzene rings is 1. The van der Waals surface area contributed by atoms with Gasteiger partial charge >= 0.3 is 0 Å². The van der Waals surface area contributed by atoms with Gasteiger partial charge in [0.1, 0.15) is 0 Å². The summed E-state index contributed by atoms with van der Waals surface area (Å²) in [6, 6.07) is 3.32. The van der Waals surface area contributed by atoms with E-state index in [4.69, 9.17) is 21.1 Å². The van der Waals surface area contributed by atoms with E-state index in [2.05, 4.69) is 13.8 Å². The van der Waals surface area contributed by atoms with Crippen LogP contribution in [0, 0.1) is 5.92 Å². The van der Waals surface area contributed by atoms with Crippen molar-refractivity contribution in [1.82, 2.24) is 0 Å². The Morgan fingerprint density at radius 1 is 1.10 bits per heavy atom. The van der Waals surface area contributed by atoms with Crippen molar-refractivity contribution in [1.29, 1.82) is 0 Å². The lowest BCUT2D eigenvalue weighted by atomic mass is 9.89. The van der Waals surface area contributed by atoms with Crippen LogP contribution in [0.2, 0.25) is 5.02 Å². The summed E-state index contributed by atoms with van der Waals surface area (Å²) >= 11 is 6.22. The average molecular weight is 299 g/mol. The quantitative estimate of drug-likeness (QED) is 0.649. The summed E-state index contributed by atoms with van der Waals surface area (Å²) in [4.78, 5) is 12.6. The Balaban J connectivity index is 3.13. The van der Waals surface area contributed by atoms with E-state index < -0.39 is 0 Å². The maximum Gasteiger partial charge on any atom is 0.167 e. The van der Waals surface area contributed by atoms with E-state index in [-0.39, 0.29) is 11.7 Å². The molecule has 0 saturated carbocycles. The third-order valence-corrected chi connectivity index (χ3v) is 3.70. The van der Waals surface area contributed by atoms with Gasteiger partial charge in [-0.1, -0.05) is 38.3 Å². The molecule has 0 aliphatic heterocycles. The van der Waals surface area contributed by atoms with Crippen LogP contribution < -0.4 is 9.47 Å². The number of hydrogen-bond donors (Lipinski definition) is 0. The monoisotopic (exact) mass is 298 g/mol. The SMILES string of the molecule is CCCC(CCC)C(=O)c1cc(OC)c(OC)cc1Cl. The van der Waals surface area contributed by atoms with E-state index in [1.54, 1.807) is 26.4 Å². The maximum absolute atomic E-state index is 12.6. The van der Waals surface area contributed by atoms with Crippen molar-refractivity contribution in [2.45, 2.75) is 39.5 Å². The average Bonchev–Trinajstić information content (AvgIpc) is 2.46. The largest absolute Gasteiger partial charge is 0.493 e. The lowest BCUT2D eigenvalue weighted by Gasteiger charge is -2.16. The minimum absolute atomic E-state index is 0.0283. The molecule has 0 saturated heterocycles. The van der Waals surface area contributed by atoms with E-state index in [0.29, 0.717) is 22.1 Å². The molecule has 0 aliphatic rings. The molecule has 0 spiro atoms. The molecule has 0 bridgehead atoms. The van der Waals surface area contributed by atoms with Crippen LogP contribution in [0.1, 0.15) is 49.9 Å². The van der Waals surface area contributed by atoms with Crippen molar-refractivity contribution >= 4 is 17.4 Å². The van der Waals surface area contributed by atoms with Crippen LogP contribution in [0.4, 0.5) is 0 Å². The number of rotatable bonds is 8. The minimum Gasteiger partial charge on any atom is -0.493 e. The van der Waals surface area contributed by atoms with Crippen LogP contribution >= 0.6 is 11.6 Å². The zero-order valence-corrected chi connectivity index (χ0v) is 13.4. The molecule has 0 heterocycles. The number of methoxy groups -OCH3 is 2. The predicted octanol–water partition coefficient (Wildman–Crippen LogP) is 4.76. The molecule has 0 aliphatic carbocycles. The van der Waals surface area contributed by atoms with E-state index in [1.807, 2.05) is 0 Å². The van der Waals surface area contributed by atoms with E-state index >= 15 is 0 Å². The molecule has 4 heteroatoms. The van der Waals surface area contributed by atoms with Gasteiger partial charge in [0, 0.05) is 17.5 Å². The summed E-state index contributed by atoms with van der Waals surface area (Å²) in [6.07, 6.45) is 3.75. The summed E-state index contributed by atoms with van der Waals surface area (Å²) in [5.41, 5.74) is 0.524. The van der Waals surface area contributed by atoms with Gasteiger partial charge in [-0.2, -0.15) is 0 Å². The summed E-state index contributed by atoms with van der Waals surface area (Å²) in [5.74, 6) is 1.20. The number of ether oxygens (including phenoxy) is 2. The number of carbonyl (C=O) groups excluding carboxylic acids is 1. The fourth-order valence-corrected chi connectivity index (χ4v) is 2.61. The Labute approximate surface area is 126 Å². The van der Waals surface area contributed by atoms with Gasteiger partial charge in [-0.15, -0.1) is 0 Å². The lowest BCUT2D eigenvalue weighted by molar-refractivity contribution is 0.0904. The van der Waals surface area contributed by atoms with Crippen LogP contribution in [0.15, 0.2) is 12.1 Å². The Bertz CT molecular complexity index is 451. The molecule has 0 unspecified atom stereocenters. The van der Waals surface area contributed by atoms with E-state index in [9.17, 15) is 4.79 Å². The van der Waals surface area contributed by atoms with Gasteiger partial charge in [0.15, 0.2) is 17.3 Å². The van der Waals surface area contributed by atoms with Crippen LogP contribution in [-0.2, 0) is 0 Å². The fourth-order valence-electron chi connectivity index (χ4n) is 2.37. The van der Waals surface area contributed by atoms with Gasteiger partial charge in [-0.05, 0) is 18.9 Å². The lowest BCUT2D eigenvalue weighted by Crippen LogP contribution is -2.15. The third-order valence-electron chi connectivity index (χ3n) is 3.38. The Morgan fingerprint density at radius 2 is 1.60 bits per heavy atom. The first-order chi connectivity index (χ1) is 9.58. The molecule has 112 valence electrons. The third kappa shape index (κ3) is 3.89. The smallest absolute Gasteiger partial charge is 0.167 e. The first-order valence-corrected chi connectivity index (χ1v) is 7.42. The minimum atomic E-state index is 0.0283. The van der Waals surface area contributed by atoms with E-state index in [0.717, 1.165) is 25.7 Å². The zero-order chi connectivity index (χ0) is 15.1. The Kier molecular flexibility index (Phi) is 6.86. The highest BCUT2D eigenvalue weighted by Gasteiger charge is 2.22. The second-order valence-corrected chi connectivity index (χ2v) is 5.23. The van der Waals surface area contributed by atoms with Gasteiger partial charge in [0.25, 0.3) is 0 Å². The molecule has 3 nitrogen and oxygen atoms in total. The number of halogens is 1. The Morgan fingerprint density at radius 3 is 2.05 bits per heavy atom. The van der Waals surface area contributed by atoms with Crippen molar-refractivity contribution in [3.05, 3.63) is 22.7 Å². The van der Waals surface area contributed by atoms with Crippen molar-refractivity contribution in [2.24, 2.45) is 5.92 Å². The van der Waals surface area contributed by atoms with Crippen molar-refractivity contribution in [2.75, 3.05) is 14.2 Å². The molecule has 0 amide bonds. The van der Waals surface area contributed by atoms with Gasteiger partial charge < -0.3 is 9.47 Å². The summed E-state index contributed by atoms with van der Waals surface area (Å²) in [5, 5.41) is 0.421. The summed E-state index contributed by atoms with van der Waals surface area (Å²) < 4.78 is 10.4. The predicted molar refractivity (Wildman–Crippen MR) is 82.2 cm³/mol. The van der Waals surface area contributed by atoms with Crippen LogP contribution in [-0.4, -0.2) is 20.0 Å². The molecule has 1 aromatic rings. The van der Waals surface area contributed by atoms with Crippen molar-refractivity contribution in [3.8, 4) is 11.5 Å². The first-order valence-electron chi connectivity index (χ1n) is 7.04. The fraction of sp³-hybridized carbons (Fsp3) is 0.562. The highest BCUT2D eigenvalue weighted by Crippen LogP contribution is 2.35. The highest BCUT2D eigenvalue weighted by atomic mass is 35.5. The van der Waals surface area contributed by atoms with Crippen LogP contribution in [0.25, 0.3) is 0 Å². The van der Waals surface area contributed by atoms with E-state index in [1.165, 1.54) is 0 Å². The molecule has 0 atom stereocenters. The zero-order valence-electron chi connectivity index (χ0n) is 12.7. The Hall–Kier alpha value is -1.22. The second kappa shape index (κ2) is 8.15. The van der Waals surface area contributed by atoms with Crippen molar-refractivity contribution in [3.63, 3.8) is 0 Å². The molecule has 0 aromatic heterocycles. The number of hydrogen-bond acceptors (Lipinski definition) is 3. The molecular formula is C16H23ClO3. The number of ketones is 1. The first kappa shape index (κ1) is 16.8. The number of carbonyl (C=O) groups is 1. The van der Waals surface area contributed by atoms with Crippen LogP contribution in [0.5, 0.6) is 11.5 Å². The molecule has 0 fully saturated rings. The topological polar surface area (TPSA) is 35.5 Å². The summed E-state index contributed by atoms with van der Waals surface area (Å²) in [6.45, 7) is 4.18. The van der Waals surface area contributed by atoms with Crippen LogP contribution in [0.3, 0.4) is 0 Å². The molecule has 0 N–H and O–H groups in total. The van der Waals surface area contributed by atoms with Gasteiger partial charge in [-0.25, -0.2) is 0 Å². The summed E-state index contributed by atoms with van der Waals surface area (Å²) in [7, 11) is 3.10. The maximum atomic E-state index is 12.6. The molecule has 1 aromatic carbocycles. The van der Waals surface area contributed by atoms with Crippen molar-refractivity contribution < 1.29 is 14.3 Å². The molecular weight excluding hydrogens is 276 g/mol.